The average Bonchev–Trinajstić information content (AvgIpc) is 3.64. The Morgan fingerprint density at radius 1 is 0.712 bits per heavy atom. The van der Waals surface area contributed by atoms with Crippen molar-refractivity contribution in [1.29, 1.82) is 0 Å². The van der Waals surface area contributed by atoms with Gasteiger partial charge in [0.05, 0.1) is 31.9 Å². The molecule has 2 unspecified atom stereocenters. The molecule has 2 N–H and O–H groups in total. The molecule has 1 aromatic rings. The average molecular weight is 752 g/mol. The number of nitrogens with one attached hydrogen (secondary N) is 1. The van der Waals surface area contributed by atoms with Crippen molar-refractivity contribution in [3.63, 3.8) is 0 Å². The van der Waals surface area contributed by atoms with Gasteiger partial charge in [-0.1, -0.05) is 181 Å². The summed E-state index contributed by atoms with van der Waals surface area (Å²) in [4.78, 5) is 8.00. The van der Waals surface area contributed by atoms with E-state index in [0.717, 1.165) is 61.4 Å². The van der Waals surface area contributed by atoms with Gasteiger partial charge in [-0.15, -0.1) is 4.37 Å². The molecular weight excluding hydrogens is 665 g/mol. The van der Waals surface area contributed by atoms with Crippen molar-refractivity contribution in [2.24, 2.45) is 0 Å². The molecule has 0 saturated carbocycles. The molecule has 2 heterocycles. The number of carbonyl (C=O) groups is 1. The lowest BCUT2D eigenvalue weighted by Crippen LogP contribution is -2.60. The molecule has 52 heavy (non-hydrogen) atoms. The number of hydrogen-bond donors (Lipinski definition) is 2. The highest BCUT2D eigenvalue weighted by molar-refractivity contribution is 6.99. The third kappa shape index (κ3) is 26.4. The summed E-state index contributed by atoms with van der Waals surface area (Å²) < 4.78 is 16.2. The van der Waals surface area contributed by atoms with E-state index in [-0.39, 0.29) is 0 Å². The summed E-state index contributed by atoms with van der Waals surface area (Å²) in [6, 6.07) is 0. The van der Waals surface area contributed by atoms with E-state index in [1.54, 1.807) is 0 Å². The Hall–Kier alpha value is -1.35. The summed E-state index contributed by atoms with van der Waals surface area (Å²) in [5, 5.41) is 12.5. The highest BCUT2D eigenvalue weighted by atomic mass is 32.1. The van der Waals surface area contributed by atoms with Crippen molar-refractivity contribution in [3.05, 3.63) is 11.8 Å². The van der Waals surface area contributed by atoms with Crippen LogP contribution in [0.1, 0.15) is 213 Å². The summed E-state index contributed by atoms with van der Waals surface area (Å²) in [5.74, 6) is 0.748. The number of ether oxygens (including phenoxy) is 1. The van der Waals surface area contributed by atoms with Crippen LogP contribution in [-0.2, 0) is 4.79 Å². The van der Waals surface area contributed by atoms with Gasteiger partial charge in [-0.2, -0.15) is 4.37 Å². The number of quaternary nitrogens is 1. The minimum absolute atomic E-state index is 0.372. The predicted octanol–water partition coefficient (Wildman–Crippen LogP) is 12.5. The number of unbranched alkanes of at least 4 members (excludes halogenated alkanes) is 23. The van der Waals surface area contributed by atoms with E-state index in [0.29, 0.717) is 12.8 Å². The Kier molecular flexibility index (Phi) is 37.0. The van der Waals surface area contributed by atoms with Crippen LogP contribution in [-0.4, -0.2) is 71.2 Å². The van der Waals surface area contributed by atoms with Gasteiger partial charge < -0.3 is 19.1 Å². The Bertz CT molecular complexity index is 902. The molecule has 0 spiro atoms. The van der Waals surface area contributed by atoms with Crippen molar-refractivity contribution >= 4 is 24.1 Å². The van der Waals surface area contributed by atoms with Crippen LogP contribution >= 0.6 is 11.7 Å². The minimum atomic E-state index is 0.372. The van der Waals surface area contributed by atoms with Crippen LogP contribution in [0.2, 0.25) is 0 Å². The summed E-state index contributed by atoms with van der Waals surface area (Å²) in [5.41, 5.74) is 2.30. The van der Waals surface area contributed by atoms with Crippen LogP contribution in [0.25, 0.3) is 5.57 Å². The molecule has 1 aliphatic rings. The standard InChI is InChI=1S/C30H57N4OS.C13H28O.CH2O/c1-5-8-10-12-13-14-15-16-17-18-19-23-31-28(7-3)34(4)24-21-22-27(26-34)29-30(33-36-32-29)35-25-20-11-9-6-2;1-2-3-4-5-6-7-8-9-10-11-12-13-14;1-2/h22,28,31H,5-21,23-26H2,1-4H3;14H,2-13H2,1H3;1H2/q+1;;. The second kappa shape index (κ2) is 37.9. The van der Waals surface area contributed by atoms with Gasteiger partial charge >= 0.3 is 0 Å². The Balaban J connectivity index is 0.00000136. The third-order valence-corrected chi connectivity index (χ3v) is 11.1. The van der Waals surface area contributed by atoms with Crippen LogP contribution in [0.4, 0.5) is 0 Å². The van der Waals surface area contributed by atoms with Gasteiger partial charge in [-0.25, -0.2) is 0 Å². The molecule has 7 nitrogen and oxygen atoms in total. The molecule has 0 aliphatic carbocycles. The summed E-state index contributed by atoms with van der Waals surface area (Å²) in [7, 11) is 2.42. The highest BCUT2D eigenvalue weighted by Crippen LogP contribution is 2.31. The van der Waals surface area contributed by atoms with Crippen molar-refractivity contribution in [1.82, 2.24) is 14.1 Å². The first-order valence-corrected chi connectivity index (χ1v) is 22.9. The number of rotatable bonds is 33. The molecule has 2 rings (SSSR count). The van der Waals surface area contributed by atoms with Crippen molar-refractivity contribution in [2.45, 2.75) is 214 Å². The van der Waals surface area contributed by atoms with Crippen LogP contribution < -0.4 is 10.1 Å². The van der Waals surface area contributed by atoms with Crippen molar-refractivity contribution in [2.75, 3.05) is 39.9 Å². The molecule has 1 aromatic heterocycles. The lowest BCUT2D eigenvalue weighted by molar-refractivity contribution is -0.930. The molecule has 0 fully saturated rings. The number of hydrogen-bond acceptors (Lipinski definition) is 7. The maximum absolute atomic E-state index is 8.59. The Morgan fingerprint density at radius 3 is 1.65 bits per heavy atom. The Morgan fingerprint density at radius 2 is 1.17 bits per heavy atom. The summed E-state index contributed by atoms with van der Waals surface area (Å²) >= 11 is 1.28. The molecule has 0 bridgehead atoms. The zero-order chi connectivity index (χ0) is 38.4. The molecule has 0 aromatic carbocycles. The van der Waals surface area contributed by atoms with Gasteiger partial charge in [-0.05, 0) is 19.3 Å². The fourth-order valence-corrected chi connectivity index (χ4v) is 7.84. The molecule has 2 atom stereocenters. The van der Waals surface area contributed by atoms with Crippen LogP contribution in [0, 0.1) is 0 Å². The minimum Gasteiger partial charge on any atom is -0.475 e. The van der Waals surface area contributed by atoms with Gasteiger partial charge in [-0.3, -0.25) is 5.32 Å². The fraction of sp³-hybridized carbons (Fsp3) is 0.886. The first-order chi connectivity index (χ1) is 25.6. The maximum Gasteiger partial charge on any atom is 0.253 e. The van der Waals surface area contributed by atoms with Gasteiger partial charge in [0.15, 0.2) is 0 Å². The topological polar surface area (TPSA) is 84.3 Å². The number of aliphatic hydroxyl groups excluding tert-OH is 1. The van der Waals surface area contributed by atoms with E-state index in [4.69, 9.17) is 14.6 Å². The normalized spacial score (nSPS) is 16.0. The van der Waals surface area contributed by atoms with Crippen LogP contribution in [0.5, 0.6) is 5.88 Å². The van der Waals surface area contributed by atoms with Crippen LogP contribution in [0.15, 0.2) is 6.08 Å². The Labute approximate surface area is 327 Å². The van der Waals surface area contributed by atoms with E-state index in [1.807, 2.05) is 6.79 Å². The second-order valence-electron chi connectivity index (χ2n) is 15.4. The van der Waals surface area contributed by atoms with Crippen LogP contribution in [0.3, 0.4) is 0 Å². The second-order valence-corrected chi connectivity index (χ2v) is 15.9. The zero-order valence-corrected chi connectivity index (χ0v) is 36.0. The van der Waals surface area contributed by atoms with E-state index in [2.05, 4.69) is 54.9 Å². The van der Waals surface area contributed by atoms with Gasteiger partial charge in [0.25, 0.3) is 5.88 Å². The van der Waals surface area contributed by atoms with E-state index >= 15 is 0 Å². The van der Waals surface area contributed by atoms with Crippen molar-refractivity contribution < 1.29 is 19.1 Å². The predicted molar refractivity (Wildman–Crippen MR) is 227 cm³/mol. The van der Waals surface area contributed by atoms with Gasteiger partial charge in [0.2, 0.25) is 0 Å². The summed E-state index contributed by atoms with van der Waals surface area (Å²) in [6.45, 7) is 15.6. The molecule has 306 valence electrons. The molecule has 0 radical (unpaired) electrons. The zero-order valence-electron chi connectivity index (χ0n) is 35.2. The number of carbonyl (C=O) groups excluding carboxylic acids is 1. The molecule has 0 amide bonds. The SMILES string of the molecule is C=O.CCCCCCCCCCCCCNC(CC)[N+]1(C)CCC=C(c2nsnc2OCCCCCC)C1.CCCCCCCCCCCCCO. The van der Waals surface area contributed by atoms with E-state index in [9.17, 15) is 0 Å². The highest BCUT2D eigenvalue weighted by Gasteiger charge is 2.35. The number of nitrogens with zero attached hydrogens (tertiary/aromatic N) is 3. The number of aliphatic hydroxyl groups is 1. The first kappa shape index (κ1) is 50.6. The monoisotopic (exact) mass is 752 g/mol. The van der Waals surface area contributed by atoms with E-state index in [1.165, 1.54) is 178 Å². The maximum atomic E-state index is 8.59. The lowest BCUT2D eigenvalue weighted by atomic mass is 10.0. The largest absolute Gasteiger partial charge is 0.475 e. The molecule has 0 saturated heterocycles. The smallest absolute Gasteiger partial charge is 0.253 e. The fourth-order valence-electron chi connectivity index (χ4n) is 7.31. The number of likely N-dealkylation sites (N-methyl/N-ethyl adjacent to an activating group) is 1. The lowest BCUT2D eigenvalue weighted by Gasteiger charge is -2.44. The summed E-state index contributed by atoms with van der Waals surface area (Å²) in [6.07, 6.45) is 40.1. The van der Waals surface area contributed by atoms with Crippen molar-refractivity contribution in [3.8, 4) is 5.88 Å². The van der Waals surface area contributed by atoms with Gasteiger partial charge in [0, 0.05) is 31.6 Å². The van der Waals surface area contributed by atoms with Gasteiger partial charge in [0.1, 0.15) is 25.2 Å². The number of aromatic nitrogens is 2. The molecule has 8 heteroatoms. The third-order valence-electron chi connectivity index (χ3n) is 10.6. The quantitative estimate of drug-likeness (QED) is 0.0549. The molecular formula is C44H87N4O3S+. The van der Waals surface area contributed by atoms with E-state index < -0.39 is 0 Å². The molecule has 1 aliphatic heterocycles. The first-order valence-electron chi connectivity index (χ1n) is 22.2.